The van der Waals surface area contributed by atoms with Gasteiger partial charge >= 0.3 is 5.97 Å². The van der Waals surface area contributed by atoms with E-state index >= 15 is 0 Å². The van der Waals surface area contributed by atoms with Gasteiger partial charge in [-0.1, -0.05) is 12.1 Å². The SMILES string of the molecule is COC(=O)[C@@H]1CN(C(=O)CN(C)S(=O)(=O)c2ccc(OC)c(OC)c2)c2ccccc2O1. The first kappa shape index (κ1) is 23.4. The Kier molecular flexibility index (Phi) is 6.90. The van der Waals surface area contributed by atoms with Crippen molar-refractivity contribution in [1.29, 1.82) is 0 Å². The molecule has 10 nitrogen and oxygen atoms in total. The first-order chi connectivity index (χ1) is 15.2. The minimum atomic E-state index is -4.01. The average Bonchev–Trinajstić information content (AvgIpc) is 2.81. The number of hydrogen-bond acceptors (Lipinski definition) is 8. The lowest BCUT2D eigenvalue weighted by Gasteiger charge is -2.34. The van der Waals surface area contributed by atoms with Crippen molar-refractivity contribution in [1.82, 2.24) is 4.31 Å². The number of anilines is 1. The zero-order valence-corrected chi connectivity index (χ0v) is 18.9. The summed E-state index contributed by atoms with van der Waals surface area (Å²) in [5.41, 5.74) is 0.439. The third kappa shape index (κ3) is 4.48. The van der Waals surface area contributed by atoms with E-state index in [0.717, 1.165) is 4.31 Å². The normalized spacial score (nSPS) is 15.5. The molecule has 0 unspecified atom stereocenters. The number of carbonyl (C=O) groups excluding carboxylic acids is 2. The molecule has 0 bridgehead atoms. The fraction of sp³-hybridized carbons (Fsp3) is 0.333. The predicted molar refractivity (Wildman–Crippen MR) is 115 cm³/mol. The Bertz CT molecular complexity index is 1120. The summed E-state index contributed by atoms with van der Waals surface area (Å²) in [6, 6.07) is 10.9. The second-order valence-electron chi connectivity index (χ2n) is 6.88. The van der Waals surface area contributed by atoms with Gasteiger partial charge < -0.3 is 23.8 Å². The maximum atomic E-state index is 13.1. The highest BCUT2D eigenvalue weighted by molar-refractivity contribution is 7.89. The Labute approximate surface area is 186 Å². The van der Waals surface area contributed by atoms with Crippen LogP contribution in [0.3, 0.4) is 0 Å². The Morgan fingerprint density at radius 2 is 1.78 bits per heavy atom. The molecule has 0 fully saturated rings. The molecule has 11 heteroatoms. The molecule has 2 aromatic carbocycles. The van der Waals surface area contributed by atoms with Crippen molar-refractivity contribution in [2.75, 3.05) is 46.4 Å². The maximum absolute atomic E-state index is 13.1. The van der Waals surface area contributed by atoms with Crippen LogP contribution in [0.25, 0.3) is 0 Å². The molecular formula is C21H24N2O8S. The number of para-hydroxylation sites is 2. The largest absolute Gasteiger partial charge is 0.493 e. The summed E-state index contributed by atoms with van der Waals surface area (Å²) in [5.74, 6) is -0.210. The number of sulfonamides is 1. The van der Waals surface area contributed by atoms with Crippen molar-refractivity contribution in [3.63, 3.8) is 0 Å². The molecule has 0 saturated carbocycles. The van der Waals surface area contributed by atoms with Gasteiger partial charge in [0, 0.05) is 13.1 Å². The lowest BCUT2D eigenvalue weighted by molar-refractivity contribution is -0.148. The summed E-state index contributed by atoms with van der Waals surface area (Å²) in [7, 11) is 1.35. The molecule has 0 saturated heterocycles. The van der Waals surface area contributed by atoms with E-state index in [9.17, 15) is 18.0 Å². The Balaban J connectivity index is 1.85. The van der Waals surface area contributed by atoms with E-state index in [1.165, 1.54) is 51.5 Å². The van der Waals surface area contributed by atoms with Crippen molar-refractivity contribution in [2.24, 2.45) is 0 Å². The summed E-state index contributed by atoms with van der Waals surface area (Å²) in [6.07, 6.45) is -1.02. The third-order valence-corrected chi connectivity index (χ3v) is 6.76. The molecule has 32 heavy (non-hydrogen) atoms. The molecule has 0 radical (unpaired) electrons. The van der Waals surface area contributed by atoms with Gasteiger partial charge in [0.05, 0.1) is 45.0 Å². The molecule has 1 heterocycles. The van der Waals surface area contributed by atoms with Crippen LogP contribution in [-0.2, 0) is 24.3 Å². The minimum Gasteiger partial charge on any atom is -0.493 e. The van der Waals surface area contributed by atoms with Crippen LogP contribution >= 0.6 is 0 Å². The number of nitrogens with zero attached hydrogens (tertiary/aromatic N) is 2. The number of ether oxygens (including phenoxy) is 4. The van der Waals surface area contributed by atoms with Crippen LogP contribution in [0, 0.1) is 0 Å². The molecule has 1 amide bonds. The zero-order valence-electron chi connectivity index (χ0n) is 18.1. The number of fused-ring (bicyclic) bond motifs is 1. The predicted octanol–water partition coefficient (Wildman–Crippen LogP) is 1.29. The van der Waals surface area contributed by atoms with Crippen LogP contribution in [0.15, 0.2) is 47.4 Å². The Hall–Kier alpha value is -3.31. The second kappa shape index (κ2) is 9.45. The number of carbonyl (C=O) groups is 2. The number of rotatable bonds is 7. The molecule has 172 valence electrons. The smallest absolute Gasteiger partial charge is 0.348 e. The minimum absolute atomic E-state index is 0.0553. The topological polar surface area (TPSA) is 112 Å². The van der Waals surface area contributed by atoms with Gasteiger partial charge in [0.1, 0.15) is 5.75 Å². The maximum Gasteiger partial charge on any atom is 0.348 e. The molecule has 0 N–H and O–H groups in total. The van der Waals surface area contributed by atoms with Crippen LogP contribution in [0.5, 0.6) is 17.2 Å². The van der Waals surface area contributed by atoms with E-state index in [0.29, 0.717) is 17.2 Å². The standard InChI is InChI=1S/C21H24N2O8S/c1-22(32(26,27)14-9-10-17(28-2)18(11-14)29-3)13-20(24)23-12-19(21(25)30-4)31-16-8-6-5-7-15(16)23/h5-11,19H,12-13H2,1-4H3/t19-/m0/s1. The van der Waals surface area contributed by atoms with Gasteiger partial charge in [-0.3, -0.25) is 4.79 Å². The van der Waals surface area contributed by atoms with E-state index < -0.39 is 34.5 Å². The lowest BCUT2D eigenvalue weighted by Crippen LogP contribution is -2.50. The van der Waals surface area contributed by atoms with Crippen LogP contribution in [0.1, 0.15) is 0 Å². The van der Waals surface area contributed by atoms with Gasteiger partial charge in [-0.25, -0.2) is 13.2 Å². The van der Waals surface area contributed by atoms with Crippen molar-refractivity contribution in [2.45, 2.75) is 11.0 Å². The number of amides is 1. The molecule has 1 atom stereocenters. The highest BCUT2D eigenvalue weighted by atomic mass is 32.2. The average molecular weight is 464 g/mol. The Morgan fingerprint density at radius 3 is 2.44 bits per heavy atom. The van der Waals surface area contributed by atoms with Gasteiger partial charge in [0.15, 0.2) is 11.5 Å². The van der Waals surface area contributed by atoms with E-state index in [4.69, 9.17) is 18.9 Å². The first-order valence-corrected chi connectivity index (χ1v) is 11.0. The number of esters is 1. The van der Waals surface area contributed by atoms with E-state index in [1.54, 1.807) is 24.3 Å². The number of likely N-dealkylation sites (N-methyl/N-ethyl adjacent to an activating group) is 1. The fourth-order valence-corrected chi connectivity index (χ4v) is 4.38. The molecule has 0 spiro atoms. The summed E-state index contributed by atoms with van der Waals surface area (Å²) < 4.78 is 47.7. The molecular weight excluding hydrogens is 440 g/mol. The van der Waals surface area contributed by atoms with Gasteiger partial charge in [-0.15, -0.1) is 0 Å². The first-order valence-electron chi connectivity index (χ1n) is 9.55. The van der Waals surface area contributed by atoms with Gasteiger partial charge in [0.25, 0.3) is 0 Å². The second-order valence-corrected chi connectivity index (χ2v) is 8.92. The number of methoxy groups -OCH3 is 3. The highest BCUT2D eigenvalue weighted by Gasteiger charge is 2.35. The van der Waals surface area contributed by atoms with Crippen LogP contribution < -0.4 is 19.1 Å². The number of benzene rings is 2. The summed E-state index contributed by atoms with van der Waals surface area (Å²) in [4.78, 5) is 26.4. The van der Waals surface area contributed by atoms with Gasteiger partial charge in [-0.2, -0.15) is 4.31 Å². The van der Waals surface area contributed by atoms with E-state index in [2.05, 4.69) is 0 Å². The van der Waals surface area contributed by atoms with Crippen LogP contribution in [0.2, 0.25) is 0 Å². The quantitative estimate of drug-likeness (QED) is 0.564. The third-order valence-electron chi connectivity index (χ3n) is 4.96. The molecule has 2 aromatic rings. The molecule has 0 aromatic heterocycles. The van der Waals surface area contributed by atoms with Crippen LogP contribution in [-0.4, -0.2) is 72.2 Å². The van der Waals surface area contributed by atoms with Gasteiger partial charge in [-0.05, 0) is 24.3 Å². The lowest BCUT2D eigenvalue weighted by atomic mass is 10.2. The summed E-state index contributed by atoms with van der Waals surface area (Å²) >= 11 is 0. The number of hydrogen-bond donors (Lipinski definition) is 0. The van der Waals surface area contributed by atoms with Crippen molar-refractivity contribution < 1.29 is 37.0 Å². The van der Waals surface area contributed by atoms with Crippen molar-refractivity contribution in [3.05, 3.63) is 42.5 Å². The van der Waals surface area contributed by atoms with Gasteiger partial charge in [0.2, 0.25) is 22.0 Å². The zero-order chi connectivity index (χ0) is 23.5. The summed E-state index contributed by atoms with van der Waals surface area (Å²) in [6.45, 7) is -0.564. The Morgan fingerprint density at radius 1 is 1.09 bits per heavy atom. The fourth-order valence-electron chi connectivity index (χ4n) is 3.24. The highest BCUT2D eigenvalue weighted by Crippen LogP contribution is 2.34. The molecule has 1 aliphatic rings. The van der Waals surface area contributed by atoms with Crippen molar-refractivity contribution in [3.8, 4) is 17.2 Å². The molecule has 1 aliphatic heterocycles. The molecule has 3 rings (SSSR count). The van der Waals surface area contributed by atoms with Crippen LogP contribution in [0.4, 0.5) is 5.69 Å². The summed E-state index contributed by atoms with van der Waals surface area (Å²) in [5, 5.41) is 0. The van der Waals surface area contributed by atoms with E-state index in [-0.39, 0.29) is 17.2 Å². The van der Waals surface area contributed by atoms with Crippen molar-refractivity contribution >= 4 is 27.6 Å². The van der Waals surface area contributed by atoms with E-state index in [1.807, 2.05) is 0 Å². The molecule has 0 aliphatic carbocycles. The monoisotopic (exact) mass is 464 g/mol.